The van der Waals surface area contributed by atoms with Crippen LogP contribution in [-0.2, 0) is 14.8 Å². The van der Waals surface area contributed by atoms with Gasteiger partial charge in [0.25, 0.3) is 0 Å². The molecule has 3 saturated heterocycles. The molecule has 1 spiro atoms. The van der Waals surface area contributed by atoms with Crippen molar-refractivity contribution < 1.29 is 18.3 Å². The first-order valence-corrected chi connectivity index (χ1v) is 10.8. The largest absolute Gasteiger partial charge is 0.396 e. The first kappa shape index (κ1) is 17.4. The molecule has 2 aromatic rings. The number of fused-ring (bicyclic) bond motifs is 1. The van der Waals surface area contributed by atoms with Gasteiger partial charge in [-0.25, -0.2) is 13.1 Å². The average Bonchev–Trinajstić information content (AvgIpc) is 3.41. The Morgan fingerprint density at radius 2 is 2.26 bits per heavy atom. The van der Waals surface area contributed by atoms with Gasteiger partial charge < -0.3 is 9.84 Å². The summed E-state index contributed by atoms with van der Waals surface area (Å²) in [5.74, 6) is 0.112. The van der Waals surface area contributed by atoms with E-state index in [1.807, 2.05) is 19.1 Å². The first-order valence-electron chi connectivity index (χ1n) is 9.34. The second kappa shape index (κ2) is 5.88. The molecule has 4 atom stereocenters. The van der Waals surface area contributed by atoms with Gasteiger partial charge in [-0.2, -0.15) is 9.40 Å². The fourth-order valence-corrected chi connectivity index (χ4v) is 6.91. The van der Waals surface area contributed by atoms with E-state index >= 15 is 0 Å². The highest BCUT2D eigenvalue weighted by molar-refractivity contribution is 7.89. The van der Waals surface area contributed by atoms with Crippen molar-refractivity contribution in [1.82, 2.24) is 14.1 Å². The predicted octanol–water partition coefficient (Wildman–Crippen LogP) is 1.34. The summed E-state index contributed by atoms with van der Waals surface area (Å²) >= 11 is 0. The topological polar surface area (TPSA) is 84.7 Å². The molecule has 0 radical (unpaired) electrons. The normalized spacial score (nSPS) is 32.9. The summed E-state index contributed by atoms with van der Waals surface area (Å²) in [5, 5.41) is 14.0. The van der Waals surface area contributed by atoms with Gasteiger partial charge in [0.2, 0.25) is 10.0 Å². The van der Waals surface area contributed by atoms with Gasteiger partial charge in [0.05, 0.1) is 22.3 Å². The van der Waals surface area contributed by atoms with E-state index in [9.17, 15) is 13.5 Å². The molecule has 0 amide bonds. The zero-order chi connectivity index (χ0) is 18.8. The van der Waals surface area contributed by atoms with Crippen molar-refractivity contribution in [2.75, 3.05) is 19.7 Å². The molecule has 144 valence electrons. The highest BCUT2D eigenvalue weighted by Gasteiger charge is 2.64. The summed E-state index contributed by atoms with van der Waals surface area (Å²) in [6.07, 6.45) is 5.31. The summed E-state index contributed by atoms with van der Waals surface area (Å²) in [6.45, 7) is 2.65. The molecule has 7 nitrogen and oxygen atoms in total. The van der Waals surface area contributed by atoms with E-state index in [4.69, 9.17) is 4.74 Å². The van der Waals surface area contributed by atoms with Crippen molar-refractivity contribution in [3.8, 4) is 5.69 Å². The predicted molar refractivity (Wildman–Crippen MR) is 98.0 cm³/mol. The van der Waals surface area contributed by atoms with Gasteiger partial charge >= 0.3 is 0 Å². The fourth-order valence-electron chi connectivity index (χ4n) is 5.14. The zero-order valence-corrected chi connectivity index (χ0v) is 16.0. The number of hydrogen-bond acceptors (Lipinski definition) is 5. The maximum absolute atomic E-state index is 13.5. The number of aryl methyl sites for hydroxylation is 1. The number of rotatable bonds is 4. The van der Waals surface area contributed by atoms with E-state index < -0.39 is 15.6 Å². The Hall–Kier alpha value is -1.74. The lowest BCUT2D eigenvalue weighted by molar-refractivity contribution is 0.00644. The summed E-state index contributed by atoms with van der Waals surface area (Å²) in [7, 11) is -3.66. The molecule has 3 fully saturated rings. The number of aliphatic hydroxyl groups is 1. The Balaban J connectivity index is 1.50. The summed E-state index contributed by atoms with van der Waals surface area (Å²) < 4.78 is 36.3. The summed E-state index contributed by atoms with van der Waals surface area (Å²) in [4.78, 5) is 0.307. The molecule has 0 aliphatic carbocycles. The van der Waals surface area contributed by atoms with E-state index in [0.717, 1.165) is 12.8 Å². The Morgan fingerprint density at radius 1 is 1.41 bits per heavy atom. The van der Waals surface area contributed by atoms with Crippen LogP contribution in [0.4, 0.5) is 0 Å². The van der Waals surface area contributed by atoms with Crippen molar-refractivity contribution >= 4 is 10.0 Å². The number of aromatic nitrogens is 2. The van der Waals surface area contributed by atoms with E-state index in [0.29, 0.717) is 29.2 Å². The van der Waals surface area contributed by atoms with Crippen LogP contribution in [0.2, 0.25) is 0 Å². The third-order valence-corrected chi connectivity index (χ3v) is 8.48. The van der Waals surface area contributed by atoms with Gasteiger partial charge in [0.15, 0.2) is 0 Å². The SMILES string of the molecule is Cc1ccc(-n2cccn2)cc1S(=O)(=O)N1C[C@@H]2[C@H](CO)[C@H]3CC[C@]2(C1)O3. The molecule has 0 unspecified atom stereocenters. The van der Waals surface area contributed by atoms with Crippen LogP contribution in [0.1, 0.15) is 18.4 Å². The van der Waals surface area contributed by atoms with Crippen molar-refractivity contribution in [2.45, 2.75) is 36.4 Å². The number of benzene rings is 1. The minimum absolute atomic E-state index is 0.0375. The Bertz CT molecular complexity index is 975. The number of ether oxygens (including phenoxy) is 1. The number of aliphatic hydroxyl groups excluding tert-OH is 1. The van der Waals surface area contributed by atoms with Crippen LogP contribution >= 0.6 is 0 Å². The fraction of sp³-hybridized carbons (Fsp3) is 0.526. The van der Waals surface area contributed by atoms with Crippen LogP contribution in [0, 0.1) is 18.8 Å². The Morgan fingerprint density at radius 3 is 3.00 bits per heavy atom. The number of hydrogen-bond donors (Lipinski definition) is 1. The third-order valence-electron chi connectivity index (χ3n) is 6.52. The summed E-state index contributed by atoms with van der Waals surface area (Å²) in [5.41, 5.74) is 1.01. The number of nitrogens with zero attached hydrogens (tertiary/aromatic N) is 3. The van der Waals surface area contributed by atoms with E-state index in [1.165, 1.54) is 0 Å². The Labute approximate surface area is 158 Å². The lowest BCUT2D eigenvalue weighted by Crippen LogP contribution is -2.38. The van der Waals surface area contributed by atoms with Gasteiger partial charge in [-0.1, -0.05) is 6.07 Å². The van der Waals surface area contributed by atoms with Crippen molar-refractivity contribution in [3.05, 3.63) is 42.2 Å². The minimum Gasteiger partial charge on any atom is -0.396 e. The molecule has 4 heterocycles. The third kappa shape index (κ3) is 2.44. The first-order chi connectivity index (χ1) is 12.9. The zero-order valence-electron chi connectivity index (χ0n) is 15.2. The lowest BCUT2D eigenvalue weighted by Gasteiger charge is -2.27. The lowest BCUT2D eigenvalue weighted by atomic mass is 9.74. The van der Waals surface area contributed by atoms with Gasteiger partial charge in [-0.3, -0.25) is 0 Å². The van der Waals surface area contributed by atoms with E-state index in [2.05, 4.69) is 5.10 Å². The van der Waals surface area contributed by atoms with E-state index in [1.54, 1.807) is 33.5 Å². The molecule has 0 saturated carbocycles. The average molecular weight is 389 g/mol. The molecule has 3 aliphatic heterocycles. The van der Waals surface area contributed by atoms with Crippen LogP contribution in [-0.4, -0.2) is 59.0 Å². The minimum atomic E-state index is -3.66. The van der Waals surface area contributed by atoms with Crippen molar-refractivity contribution in [2.24, 2.45) is 11.8 Å². The summed E-state index contributed by atoms with van der Waals surface area (Å²) in [6, 6.07) is 7.17. The number of sulfonamides is 1. The smallest absolute Gasteiger partial charge is 0.243 e. The highest BCUT2D eigenvalue weighted by Crippen LogP contribution is 2.55. The van der Waals surface area contributed by atoms with Crippen molar-refractivity contribution in [1.29, 1.82) is 0 Å². The molecule has 8 heteroatoms. The highest BCUT2D eigenvalue weighted by atomic mass is 32.2. The quantitative estimate of drug-likeness (QED) is 0.853. The van der Waals surface area contributed by atoms with Crippen LogP contribution in [0.5, 0.6) is 0 Å². The molecule has 5 rings (SSSR count). The molecule has 27 heavy (non-hydrogen) atoms. The molecule has 3 aliphatic rings. The van der Waals surface area contributed by atoms with Crippen LogP contribution in [0.15, 0.2) is 41.6 Å². The van der Waals surface area contributed by atoms with Gasteiger partial charge in [0.1, 0.15) is 0 Å². The van der Waals surface area contributed by atoms with Crippen LogP contribution in [0.25, 0.3) is 5.69 Å². The maximum atomic E-state index is 13.5. The van der Waals surface area contributed by atoms with Gasteiger partial charge in [-0.05, 0) is 43.5 Å². The Kier molecular flexibility index (Phi) is 3.78. The molecule has 2 bridgehead atoms. The van der Waals surface area contributed by atoms with Crippen molar-refractivity contribution in [3.63, 3.8) is 0 Å². The standard InChI is InChI=1S/C19H23N3O4S/c1-13-3-4-14(22-8-2-7-20-22)9-18(13)27(24,25)21-10-16-15(11-23)17-5-6-19(16,12-21)26-17/h2-4,7-9,15-17,23H,5-6,10-12H2,1H3/t15-,16+,17+,19+/m0/s1. The van der Waals surface area contributed by atoms with Crippen LogP contribution < -0.4 is 0 Å². The van der Waals surface area contributed by atoms with Gasteiger partial charge in [0, 0.05) is 43.9 Å². The van der Waals surface area contributed by atoms with Gasteiger partial charge in [-0.15, -0.1) is 0 Å². The molecular formula is C19H23N3O4S. The second-order valence-electron chi connectivity index (χ2n) is 7.91. The second-order valence-corrected chi connectivity index (χ2v) is 9.82. The van der Waals surface area contributed by atoms with E-state index in [-0.39, 0.29) is 24.5 Å². The monoisotopic (exact) mass is 389 g/mol. The molecule has 1 N–H and O–H groups in total. The molecular weight excluding hydrogens is 366 g/mol. The maximum Gasteiger partial charge on any atom is 0.243 e. The molecule has 1 aromatic carbocycles. The molecule has 1 aromatic heterocycles. The van der Waals surface area contributed by atoms with Crippen LogP contribution in [0.3, 0.4) is 0 Å².